The summed E-state index contributed by atoms with van der Waals surface area (Å²) in [6.45, 7) is 13.6. The maximum atomic E-state index is 4.37. The highest BCUT2D eigenvalue weighted by molar-refractivity contribution is 5.60. The van der Waals surface area contributed by atoms with Crippen LogP contribution >= 0.6 is 0 Å². The minimum absolute atomic E-state index is 0.0551. The summed E-state index contributed by atoms with van der Waals surface area (Å²) in [4.78, 5) is 4.37. The standard InChI is InChI=1S/C10H22N2/c1-9(2,3)11-7-8-12-10(4,5)6/h7,12H,8H2,1-6H3. The molecule has 0 spiro atoms. The number of rotatable bonds is 2. The van der Waals surface area contributed by atoms with Crippen molar-refractivity contribution in [2.24, 2.45) is 4.99 Å². The molecular weight excluding hydrogens is 148 g/mol. The van der Waals surface area contributed by atoms with Crippen molar-refractivity contribution >= 4 is 6.21 Å². The van der Waals surface area contributed by atoms with Crippen LogP contribution in [0.1, 0.15) is 41.5 Å². The van der Waals surface area contributed by atoms with Gasteiger partial charge in [-0.15, -0.1) is 0 Å². The summed E-state index contributed by atoms with van der Waals surface area (Å²) < 4.78 is 0. The van der Waals surface area contributed by atoms with Gasteiger partial charge in [0.05, 0.1) is 5.54 Å². The lowest BCUT2D eigenvalue weighted by Crippen LogP contribution is -2.37. The van der Waals surface area contributed by atoms with Crippen LogP contribution in [0.5, 0.6) is 0 Å². The SMILES string of the molecule is CC(C)(C)N=CCNC(C)(C)C. The molecule has 0 bridgehead atoms. The highest BCUT2D eigenvalue weighted by atomic mass is 15.0. The maximum absolute atomic E-state index is 4.37. The van der Waals surface area contributed by atoms with Crippen LogP contribution in [0.15, 0.2) is 4.99 Å². The lowest BCUT2D eigenvalue weighted by molar-refractivity contribution is 0.455. The fourth-order valence-corrected chi connectivity index (χ4v) is 0.671. The van der Waals surface area contributed by atoms with E-state index in [-0.39, 0.29) is 11.1 Å². The molecule has 2 nitrogen and oxygen atoms in total. The predicted molar refractivity (Wildman–Crippen MR) is 56.0 cm³/mol. The third-order valence-corrected chi connectivity index (χ3v) is 1.20. The molecule has 0 amide bonds. The first-order valence-electron chi connectivity index (χ1n) is 4.49. The monoisotopic (exact) mass is 170 g/mol. The van der Waals surface area contributed by atoms with Crippen molar-refractivity contribution in [3.8, 4) is 0 Å². The van der Waals surface area contributed by atoms with Gasteiger partial charge in [0, 0.05) is 18.3 Å². The zero-order valence-corrected chi connectivity index (χ0v) is 9.23. The van der Waals surface area contributed by atoms with Gasteiger partial charge in [0.1, 0.15) is 0 Å². The van der Waals surface area contributed by atoms with Crippen LogP contribution in [0, 0.1) is 0 Å². The van der Waals surface area contributed by atoms with Gasteiger partial charge < -0.3 is 5.32 Å². The first-order chi connectivity index (χ1) is 5.21. The van der Waals surface area contributed by atoms with E-state index in [0.717, 1.165) is 6.54 Å². The molecule has 0 aromatic carbocycles. The van der Waals surface area contributed by atoms with Crippen LogP contribution in [-0.4, -0.2) is 23.8 Å². The van der Waals surface area contributed by atoms with Gasteiger partial charge in [-0.1, -0.05) is 0 Å². The summed E-state index contributed by atoms with van der Waals surface area (Å²) in [5, 5.41) is 3.35. The molecule has 2 heteroatoms. The van der Waals surface area contributed by atoms with Gasteiger partial charge in [0.25, 0.3) is 0 Å². The molecule has 0 aliphatic heterocycles. The molecule has 0 saturated heterocycles. The number of aliphatic imine (C=N–C) groups is 1. The van der Waals surface area contributed by atoms with Gasteiger partial charge in [0.2, 0.25) is 0 Å². The minimum atomic E-state index is 0.0551. The van der Waals surface area contributed by atoms with Gasteiger partial charge in [-0.25, -0.2) is 0 Å². The first-order valence-corrected chi connectivity index (χ1v) is 4.49. The van der Waals surface area contributed by atoms with Crippen molar-refractivity contribution in [1.82, 2.24) is 5.32 Å². The Morgan fingerprint density at radius 2 is 1.58 bits per heavy atom. The normalized spacial score (nSPS) is 14.2. The smallest absolute Gasteiger partial charge is 0.0520 e. The zero-order chi connectivity index (χ0) is 9.83. The molecule has 1 N–H and O–H groups in total. The second kappa shape index (κ2) is 4.04. The van der Waals surface area contributed by atoms with Crippen molar-refractivity contribution in [3.05, 3.63) is 0 Å². The van der Waals surface area contributed by atoms with E-state index < -0.39 is 0 Å². The van der Waals surface area contributed by atoms with E-state index >= 15 is 0 Å². The van der Waals surface area contributed by atoms with Gasteiger partial charge >= 0.3 is 0 Å². The molecule has 0 saturated carbocycles. The van der Waals surface area contributed by atoms with Gasteiger partial charge in [-0.3, -0.25) is 4.99 Å². The maximum Gasteiger partial charge on any atom is 0.0520 e. The van der Waals surface area contributed by atoms with Crippen LogP contribution in [0.4, 0.5) is 0 Å². The number of hydrogen-bond acceptors (Lipinski definition) is 2. The van der Waals surface area contributed by atoms with Crippen LogP contribution in [0.25, 0.3) is 0 Å². The van der Waals surface area contributed by atoms with Gasteiger partial charge in [-0.2, -0.15) is 0 Å². The van der Waals surface area contributed by atoms with Crippen molar-refractivity contribution in [3.63, 3.8) is 0 Å². The van der Waals surface area contributed by atoms with Crippen LogP contribution in [0.2, 0.25) is 0 Å². The van der Waals surface area contributed by atoms with E-state index in [1.165, 1.54) is 0 Å². The average Bonchev–Trinajstić information content (AvgIpc) is 1.76. The molecular formula is C10H22N2. The van der Waals surface area contributed by atoms with Crippen LogP contribution in [-0.2, 0) is 0 Å². The topological polar surface area (TPSA) is 24.4 Å². The number of nitrogens with zero attached hydrogens (tertiary/aromatic N) is 1. The molecule has 0 radical (unpaired) electrons. The van der Waals surface area contributed by atoms with Crippen molar-refractivity contribution < 1.29 is 0 Å². The molecule has 0 aromatic rings. The Balaban J connectivity index is 3.64. The van der Waals surface area contributed by atoms with Crippen molar-refractivity contribution in [1.29, 1.82) is 0 Å². The Hall–Kier alpha value is -0.370. The second-order valence-electron chi connectivity index (χ2n) is 5.11. The molecule has 72 valence electrons. The highest BCUT2D eigenvalue weighted by Gasteiger charge is 2.07. The van der Waals surface area contributed by atoms with Crippen LogP contribution in [0.3, 0.4) is 0 Å². The summed E-state index contributed by atoms with van der Waals surface area (Å²) in [6, 6.07) is 0. The summed E-state index contributed by atoms with van der Waals surface area (Å²) in [5.41, 5.74) is 0.240. The predicted octanol–water partition coefficient (Wildman–Crippen LogP) is 2.24. The zero-order valence-electron chi connectivity index (χ0n) is 9.23. The van der Waals surface area contributed by atoms with E-state index in [2.05, 4.69) is 51.9 Å². The second-order valence-corrected chi connectivity index (χ2v) is 5.11. The summed E-state index contributed by atoms with van der Waals surface area (Å²) in [5.74, 6) is 0. The molecule has 0 fully saturated rings. The molecule has 0 rings (SSSR count). The fraction of sp³-hybridized carbons (Fsp3) is 0.900. The lowest BCUT2D eigenvalue weighted by atomic mass is 10.1. The Morgan fingerprint density at radius 3 is 1.92 bits per heavy atom. The van der Waals surface area contributed by atoms with Crippen molar-refractivity contribution in [2.75, 3.05) is 6.54 Å². The first kappa shape index (κ1) is 11.6. The third kappa shape index (κ3) is 9.63. The van der Waals surface area contributed by atoms with Crippen molar-refractivity contribution in [2.45, 2.75) is 52.6 Å². The van der Waals surface area contributed by atoms with Crippen LogP contribution < -0.4 is 5.32 Å². The molecule has 0 aliphatic carbocycles. The highest BCUT2D eigenvalue weighted by Crippen LogP contribution is 2.04. The third-order valence-electron chi connectivity index (χ3n) is 1.20. The quantitative estimate of drug-likeness (QED) is 0.631. The number of nitrogens with one attached hydrogen (secondary N) is 1. The minimum Gasteiger partial charge on any atom is -0.307 e. The average molecular weight is 170 g/mol. The Kier molecular flexibility index (Phi) is 3.91. The van der Waals surface area contributed by atoms with E-state index in [9.17, 15) is 0 Å². The molecule has 0 aliphatic rings. The largest absolute Gasteiger partial charge is 0.307 e. The van der Waals surface area contributed by atoms with Gasteiger partial charge in [-0.05, 0) is 41.5 Å². The number of hydrogen-bond donors (Lipinski definition) is 1. The summed E-state index contributed by atoms with van der Waals surface area (Å²) >= 11 is 0. The summed E-state index contributed by atoms with van der Waals surface area (Å²) in [6.07, 6.45) is 1.95. The molecule has 12 heavy (non-hydrogen) atoms. The van der Waals surface area contributed by atoms with Gasteiger partial charge in [0.15, 0.2) is 0 Å². The van der Waals surface area contributed by atoms with E-state index in [0.29, 0.717) is 0 Å². The Morgan fingerprint density at radius 1 is 1.08 bits per heavy atom. The van der Waals surface area contributed by atoms with E-state index in [1.807, 2.05) is 6.21 Å². The lowest BCUT2D eigenvalue weighted by Gasteiger charge is -2.19. The molecule has 0 aromatic heterocycles. The Bertz CT molecular complexity index is 146. The Labute approximate surface area is 76.5 Å². The summed E-state index contributed by atoms with van der Waals surface area (Å²) in [7, 11) is 0. The molecule has 0 heterocycles. The molecule has 0 atom stereocenters. The van der Waals surface area contributed by atoms with E-state index in [1.54, 1.807) is 0 Å². The fourth-order valence-electron chi connectivity index (χ4n) is 0.671. The molecule has 0 unspecified atom stereocenters. The van der Waals surface area contributed by atoms with E-state index in [4.69, 9.17) is 0 Å².